The normalized spacial score (nSPS) is 11.0. The smallest absolute Gasteiger partial charge is 0.240 e. The Kier molecular flexibility index (Phi) is 13.1. The molecule has 6 heteroatoms. The van der Waals surface area contributed by atoms with Crippen LogP contribution in [0.15, 0.2) is 47.6 Å². The minimum absolute atomic E-state index is 0.0518. The molecule has 0 saturated carbocycles. The number of hydrazone groups is 1. The summed E-state index contributed by atoms with van der Waals surface area (Å²) in [4.78, 5) is 12.0. The van der Waals surface area contributed by atoms with E-state index in [9.17, 15) is 4.79 Å². The summed E-state index contributed by atoms with van der Waals surface area (Å²) in [5.74, 6) is 1.19. The maximum absolute atomic E-state index is 12.0. The summed E-state index contributed by atoms with van der Waals surface area (Å²) >= 11 is 5.92. The van der Waals surface area contributed by atoms with Gasteiger partial charge in [-0.3, -0.25) is 4.79 Å². The SMILES string of the molecule is CCCCCCCCCCCC(=O)N/N=C/c1ccc(OCc2ccc(Cl)cc2)c(OC)c1. The molecule has 5 nitrogen and oxygen atoms in total. The third kappa shape index (κ3) is 11.2. The summed E-state index contributed by atoms with van der Waals surface area (Å²) in [6.07, 6.45) is 13.2. The van der Waals surface area contributed by atoms with E-state index in [0.717, 1.165) is 24.0 Å². The minimum Gasteiger partial charge on any atom is -0.493 e. The number of halogens is 1. The molecule has 0 aliphatic rings. The predicted molar refractivity (Wildman–Crippen MR) is 136 cm³/mol. The van der Waals surface area contributed by atoms with E-state index >= 15 is 0 Å². The second kappa shape index (κ2) is 16.1. The Morgan fingerprint density at radius 1 is 0.939 bits per heavy atom. The molecule has 0 radical (unpaired) electrons. The first-order chi connectivity index (χ1) is 16.1. The van der Waals surface area contributed by atoms with Gasteiger partial charge in [-0.15, -0.1) is 0 Å². The third-order valence-electron chi connectivity index (χ3n) is 5.41. The average molecular weight is 473 g/mol. The van der Waals surface area contributed by atoms with Crippen molar-refractivity contribution in [2.75, 3.05) is 7.11 Å². The monoisotopic (exact) mass is 472 g/mol. The van der Waals surface area contributed by atoms with E-state index in [4.69, 9.17) is 21.1 Å². The van der Waals surface area contributed by atoms with Gasteiger partial charge in [-0.25, -0.2) is 5.43 Å². The van der Waals surface area contributed by atoms with Crippen LogP contribution < -0.4 is 14.9 Å². The number of ether oxygens (including phenoxy) is 2. The summed E-state index contributed by atoms with van der Waals surface area (Å²) in [5.41, 5.74) is 4.44. The number of benzene rings is 2. The Balaban J connectivity index is 1.68. The van der Waals surface area contributed by atoms with Crippen molar-refractivity contribution in [1.82, 2.24) is 5.43 Å². The number of amides is 1. The highest BCUT2D eigenvalue weighted by atomic mass is 35.5. The molecule has 0 fully saturated rings. The third-order valence-corrected chi connectivity index (χ3v) is 5.66. The van der Waals surface area contributed by atoms with E-state index in [1.165, 1.54) is 44.9 Å². The zero-order chi connectivity index (χ0) is 23.7. The van der Waals surface area contributed by atoms with Gasteiger partial charge in [0.1, 0.15) is 6.61 Å². The van der Waals surface area contributed by atoms with Gasteiger partial charge in [0.15, 0.2) is 11.5 Å². The molecule has 2 aromatic carbocycles. The van der Waals surface area contributed by atoms with Gasteiger partial charge in [-0.05, 0) is 47.9 Å². The minimum atomic E-state index is -0.0518. The van der Waals surface area contributed by atoms with Gasteiger partial charge in [0.05, 0.1) is 13.3 Å². The number of nitrogens with zero attached hydrogens (tertiary/aromatic N) is 1. The summed E-state index contributed by atoms with van der Waals surface area (Å²) in [6.45, 7) is 2.65. The molecular weight excluding hydrogens is 436 g/mol. The van der Waals surface area contributed by atoms with Crippen LogP contribution in [0, 0.1) is 0 Å². The van der Waals surface area contributed by atoms with E-state index in [-0.39, 0.29) is 5.91 Å². The Hall–Kier alpha value is -2.53. The summed E-state index contributed by atoms with van der Waals surface area (Å²) in [7, 11) is 1.60. The van der Waals surface area contributed by atoms with Crippen LogP contribution in [0.3, 0.4) is 0 Å². The molecule has 1 N–H and O–H groups in total. The lowest BCUT2D eigenvalue weighted by Crippen LogP contribution is -2.16. The Morgan fingerprint density at radius 3 is 2.27 bits per heavy atom. The number of unbranched alkanes of at least 4 members (excludes halogenated alkanes) is 8. The lowest BCUT2D eigenvalue weighted by atomic mass is 10.1. The Labute approximate surface area is 203 Å². The van der Waals surface area contributed by atoms with Gasteiger partial charge in [0, 0.05) is 11.4 Å². The lowest BCUT2D eigenvalue weighted by molar-refractivity contribution is -0.121. The highest BCUT2D eigenvalue weighted by Crippen LogP contribution is 2.28. The quantitative estimate of drug-likeness (QED) is 0.158. The fourth-order valence-corrected chi connectivity index (χ4v) is 3.58. The zero-order valence-electron chi connectivity index (χ0n) is 19.9. The molecule has 0 unspecified atom stereocenters. The fraction of sp³-hybridized carbons (Fsp3) is 0.481. The van der Waals surface area contributed by atoms with Crippen molar-refractivity contribution in [3.8, 4) is 11.5 Å². The molecular formula is C27H37ClN2O3. The second-order valence-electron chi connectivity index (χ2n) is 8.20. The van der Waals surface area contributed by atoms with Crippen LogP contribution in [-0.4, -0.2) is 19.2 Å². The predicted octanol–water partition coefficient (Wildman–Crippen LogP) is 7.30. The van der Waals surface area contributed by atoms with Crippen LogP contribution in [0.1, 0.15) is 82.3 Å². The summed E-state index contributed by atoms with van der Waals surface area (Å²) in [6, 6.07) is 13.0. The van der Waals surface area contributed by atoms with E-state index in [1.807, 2.05) is 42.5 Å². The molecule has 0 heterocycles. The maximum atomic E-state index is 12.0. The van der Waals surface area contributed by atoms with Crippen molar-refractivity contribution in [3.05, 3.63) is 58.6 Å². The second-order valence-corrected chi connectivity index (χ2v) is 8.63. The van der Waals surface area contributed by atoms with E-state index < -0.39 is 0 Å². The van der Waals surface area contributed by atoms with Crippen LogP contribution in [0.25, 0.3) is 0 Å². The van der Waals surface area contributed by atoms with Gasteiger partial charge in [0.2, 0.25) is 5.91 Å². The van der Waals surface area contributed by atoms with Crippen LogP contribution in [-0.2, 0) is 11.4 Å². The van der Waals surface area contributed by atoms with Crippen molar-refractivity contribution in [2.45, 2.75) is 77.7 Å². The van der Waals surface area contributed by atoms with Crippen molar-refractivity contribution >= 4 is 23.7 Å². The standard InChI is InChI=1S/C27H37ClN2O3/c1-3-4-5-6-7-8-9-10-11-12-27(31)30-29-20-23-15-18-25(26(19-23)32-2)33-21-22-13-16-24(28)17-14-22/h13-20H,3-12,21H2,1-2H3,(H,30,31)/b29-20+. The number of methoxy groups -OCH3 is 1. The van der Waals surface area contributed by atoms with Gasteiger partial charge in [-0.2, -0.15) is 5.10 Å². The maximum Gasteiger partial charge on any atom is 0.240 e. The first-order valence-electron chi connectivity index (χ1n) is 12.0. The Bertz CT molecular complexity index is 853. The molecule has 0 atom stereocenters. The molecule has 1 amide bonds. The molecule has 0 aliphatic carbocycles. The van der Waals surface area contributed by atoms with Crippen molar-refractivity contribution < 1.29 is 14.3 Å². The van der Waals surface area contributed by atoms with Gasteiger partial charge < -0.3 is 9.47 Å². The first kappa shape index (κ1) is 26.7. The fourth-order valence-electron chi connectivity index (χ4n) is 3.46. The van der Waals surface area contributed by atoms with Gasteiger partial charge >= 0.3 is 0 Å². The van der Waals surface area contributed by atoms with Crippen LogP contribution in [0.2, 0.25) is 5.02 Å². The van der Waals surface area contributed by atoms with E-state index in [2.05, 4.69) is 17.5 Å². The summed E-state index contributed by atoms with van der Waals surface area (Å²) < 4.78 is 11.3. The van der Waals surface area contributed by atoms with Gasteiger partial charge in [-0.1, -0.05) is 82.0 Å². The topological polar surface area (TPSA) is 59.9 Å². The molecule has 2 aromatic rings. The molecule has 33 heavy (non-hydrogen) atoms. The highest BCUT2D eigenvalue weighted by Gasteiger charge is 2.06. The molecule has 0 saturated heterocycles. The molecule has 0 aromatic heterocycles. The van der Waals surface area contributed by atoms with Crippen molar-refractivity contribution in [1.29, 1.82) is 0 Å². The van der Waals surface area contributed by atoms with Crippen molar-refractivity contribution in [3.63, 3.8) is 0 Å². The number of hydrogen-bond donors (Lipinski definition) is 1. The molecule has 180 valence electrons. The number of nitrogens with one attached hydrogen (secondary N) is 1. The molecule has 0 bridgehead atoms. The lowest BCUT2D eigenvalue weighted by Gasteiger charge is -2.11. The van der Waals surface area contributed by atoms with Crippen LogP contribution >= 0.6 is 11.6 Å². The highest BCUT2D eigenvalue weighted by molar-refractivity contribution is 6.30. The molecule has 2 rings (SSSR count). The number of carbonyl (C=O) groups excluding carboxylic acids is 1. The van der Waals surface area contributed by atoms with Crippen LogP contribution in [0.4, 0.5) is 0 Å². The first-order valence-corrected chi connectivity index (χ1v) is 12.4. The van der Waals surface area contributed by atoms with Gasteiger partial charge in [0.25, 0.3) is 0 Å². The number of rotatable bonds is 16. The largest absolute Gasteiger partial charge is 0.493 e. The van der Waals surface area contributed by atoms with E-state index in [1.54, 1.807) is 13.3 Å². The molecule has 0 aliphatic heterocycles. The molecule has 0 spiro atoms. The van der Waals surface area contributed by atoms with E-state index in [0.29, 0.717) is 29.5 Å². The number of hydrogen-bond acceptors (Lipinski definition) is 4. The zero-order valence-corrected chi connectivity index (χ0v) is 20.7. The average Bonchev–Trinajstić information content (AvgIpc) is 2.83. The Morgan fingerprint density at radius 2 is 1.61 bits per heavy atom. The summed E-state index contributed by atoms with van der Waals surface area (Å²) in [5, 5.41) is 4.77. The van der Waals surface area contributed by atoms with Crippen molar-refractivity contribution in [2.24, 2.45) is 5.10 Å². The van der Waals surface area contributed by atoms with Crippen LogP contribution in [0.5, 0.6) is 11.5 Å². The number of carbonyl (C=O) groups is 1.